The van der Waals surface area contributed by atoms with Gasteiger partial charge in [0.25, 0.3) is 0 Å². The Morgan fingerprint density at radius 3 is 2.70 bits per heavy atom. The van der Waals surface area contributed by atoms with Crippen molar-refractivity contribution in [3.05, 3.63) is 28.8 Å². The molecule has 0 unspecified atom stereocenters. The normalized spacial score (nSPS) is 14.4. The van der Waals surface area contributed by atoms with E-state index in [1.807, 2.05) is 0 Å². The Bertz CT molecular complexity index is 515. The van der Waals surface area contributed by atoms with Crippen LogP contribution in [0.5, 0.6) is 0 Å². The van der Waals surface area contributed by atoms with Crippen molar-refractivity contribution in [2.45, 2.75) is 25.7 Å². The second-order valence-electron chi connectivity index (χ2n) is 4.96. The number of urea groups is 1. The van der Waals surface area contributed by atoms with E-state index in [1.165, 1.54) is 37.5 Å². The van der Waals surface area contributed by atoms with Gasteiger partial charge in [0.1, 0.15) is 0 Å². The van der Waals surface area contributed by atoms with E-state index in [1.54, 1.807) is 0 Å². The molecule has 0 radical (unpaired) electrons. The molecule has 1 aromatic carbocycles. The van der Waals surface area contributed by atoms with Crippen LogP contribution in [0.25, 0.3) is 0 Å². The number of anilines is 1. The third-order valence-electron chi connectivity index (χ3n) is 3.52. The molecule has 20 heavy (non-hydrogen) atoms. The molecule has 5 nitrogen and oxygen atoms in total. The largest absolute Gasteiger partial charge is 0.478 e. The molecule has 1 aliphatic carbocycles. The first kappa shape index (κ1) is 14.7. The van der Waals surface area contributed by atoms with E-state index in [-0.39, 0.29) is 11.3 Å². The van der Waals surface area contributed by atoms with Gasteiger partial charge in [-0.2, -0.15) is 0 Å². The molecule has 0 heterocycles. The third-order valence-corrected chi connectivity index (χ3v) is 3.76. The lowest BCUT2D eigenvalue weighted by atomic mass is 9.83. The van der Waals surface area contributed by atoms with E-state index in [0.717, 1.165) is 12.3 Å². The van der Waals surface area contributed by atoms with Gasteiger partial charge >= 0.3 is 12.0 Å². The summed E-state index contributed by atoms with van der Waals surface area (Å²) in [6.07, 6.45) is 4.72. The monoisotopic (exact) mass is 296 g/mol. The van der Waals surface area contributed by atoms with Crippen LogP contribution in [0.3, 0.4) is 0 Å². The molecule has 6 heteroatoms. The number of carboxylic acid groups (broad SMARTS) is 1. The Hall–Kier alpha value is -1.75. The average Bonchev–Trinajstić information content (AvgIpc) is 2.32. The fraction of sp³-hybridized carbons (Fsp3) is 0.429. The summed E-state index contributed by atoms with van der Waals surface area (Å²) in [4.78, 5) is 22.8. The van der Waals surface area contributed by atoms with Gasteiger partial charge < -0.3 is 15.7 Å². The summed E-state index contributed by atoms with van der Waals surface area (Å²) in [5.74, 6) is -0.387. The zero-order chi connectivity index (χ0) is 14.5. The summed E-state index contributed by atoms with van der Waals surface area (Å²) in [6.45, 7) is 0.597. The van der Waals surface area contributed by atoms with Gasteiger partial charge in [-0.3, -0.25) is 0 Å². The molecule has 1 saturated carbocycles. The van der Waals surface area contributed by atoms with E-state index in [9.17, 15) is 9.59 Å². The summed E-state index contributed by atoms with van der Waals surface area (Å²) in [5.41, 5.74) is 0.217. The number of carbonyl (C=O) groups is 2. The lowest BCUT2D eigenvalue weighted by molar-refractivity contribution is 0.0698. The summed E-state index contributed by atoms with van der Waals surface area (Å²) in [6, 6.07) is 3.87. The lowest BCUT2D eigenvalue weighted by Gasteiger charge is -2.25. The summed E-state index contributed by atoms with van der Waals surface area (Å²) >= 11 is 5.81. The second kappa shape index (κ2) is 6.61. The van der Waals surface area contributed by atoms with Gasteiger partial charge in [-0.15, -0.1) is 0 Å². The van der Waals surface area contributed by atoms with Gasteiger partial charge in [0.2, 0.25) is 0 Å². The molecule has 1 aliphatic rings. The van der Waals surface area contributed by atoms with Gasteiger partial charge in [-0.25, -0.2) is 9.59 Å². The summed E-state index contributed by atoms with van der Waals surface area (Å²) < 4.78 is 0. The summed E-state index contributed by atoms with van der Waals surface area (Å²) in [7, 11) is 0. The molecule has 3 N–H and O–H groups in total. The van der Waals surface area contributed by atoms with E-state index in [2.05, 4.69) is 10.6 Å². The van der Waals surface area contributed by atoms with Crippen LogP contribution in [0.2, 0.25) is 5.02 Å². The highest BCUT2D eigenvalue weighted by Gasteiger charge is 2.17. The number of hydrogen-bond acceptors (Lipinski definition) is 2. The summed E-state index contributed by atoms with van der Waals surface area (Å²) in [5, 5.41) is 14.7. The van der Waals surface area contributed by atoms with Crippen molar-refractivity contribution in [3.63, 3.8) is 0 Å². The van der Waals surface area contributed by atoms with Gasteiger partial charge in [-0.1, -0.05) is 30.9 Å². The fourth-order valence-corrected chi connectivity index (χ4v) is 2.32. The number of benzene rings is 1. The molecule has 1 aromatic rings. The molecule has 0 saturated heterocycles. The topological polar surface area (TPSA) is 78.4 Å². The standard InChI is InChI=1S/C14H17ClN2O3/c15-10-4-5-11(13(18)19)12(8-10)17-14(20)16-7-6-9-2-1-3-9/h4-5,8-9H,1-3,6-7H2,(H,18,19)(H2,16,17,20). The Morgan fingerprint density at radius 1 is 1.35 bits per heavy atom. The van der Waals surface area contributed by atoms with Gasteiger partial charge in [0.05, 0.1) is 11.3 Å². The number of nitrogens with one attached hydrogen (secondary N) is 2. The maximum atomic E-state index is 11.7. The predicted octanol–water partition coefficient (Wildman–Crippen LogP) is 3.35. The number of carboxylic acids is 1. The van der Waals surface area contributed by atoms with Crippen molar-refractivity contribution in [1.82, 2.24) is 5.32 Å². The van der Waals surface area contributed by atoms with E-state index < -0.39 is 12.0 Å². The predicted molar refractivity (Wildman–Crippen MR) is 77.4 cm³/mol. The SMILES string of the molecule is O=C(NCCC1CCC1)Nc1cc(Cl)ccc1C(=O)O. The minimum absolute atomic E-state index is 0.0172. The highest BCUT2D eigenvalue weighted by atomic mass is 35.5. The average molecular weight is 297 g/mol. The Labute approximate surface area is 122 Å². The zero-order valence-corrected chi connectivity index (χ0v) is 11.7. The van der Waals surface area contributed by atoms with Crippen LogP contribution < -0.4 is 10.6 Å². The first-order chi connectivity index (χ1) is 9.56. The molecule has 108 valence electrons. The fourth-order valence-electron chi connectivity index (χ4n) is 2.14. The van der Waals surface area contributed by atoms with Crippen molar-refractivity contribution in [2.75, 3.05) is 11.9 Å². The number of hydrogen-bond donors (Lipinski definition) is 3. The van der Waals surface area contributed by atoms with Crippen molar-refractivity contribution in [1.29, 1.82) is 0 Å². The molecular formula is C14H17ClN2O3. The number of rotatable bonds is 5. The van der Waals surface area contributed by atoms with Gasteiger partial charge in [0.15, 0.2) is 0 Å². The van der Waals surface area contributed by atoms with E-state index in [0.29, 0.717) is 11.6 Å². The van der Waals surface area contributed by atoms with Gasteiger partial charge in [-0.05, 0) is 30.5 Å². The first-order valence-electron chi connectivity index (χ1n) is 6.64. The van der Waals surface area contributed by atoms with Crippen molar-refractivity contribution in [2.24, 2.45) is 5.92 Å². The number of aromatic carboxylic acids is 1. The molecular weight excluding hydrogens is 280 g/mol. The van der Waals surface area contributed by atoms with E-state index >= 15 is 0 Å². The first-order valence-corrected chi connectivity index (χ1v) is 7.02. The second-order valence-corrected chi connectivity index (χ2v) is 5.40. The molecule has 0 atom stereocenters. The highest BCUT2D eigenvalue weighted by molar-refractivity contribution is 6.31. The maximum absolute atomic E-state index is 11.7. The minimum atomic E-state index is -1.11. The van der Waals surface area contributed by atoms with Crippen LogP contribution in [-0.2, 0) is 0 Å². The van der Waals surface area contributed by atoms with Crippen molar-refractivity contribution < 1.29 is 14.7 Å². The number of halogens is 1. The molecule has 0 bridgehead atoms. The smallest absolute Gasteiger partial charge is 0.337 e. The lowest BCUT2D eigenvalue weighted by Crippen LogP contribution is -2.31. The Balaban J connectivity index is 1.89. The minimum Gasteiger partial charge on any atom is -0.478 e. The molecule has 0 spiro atoms. The molecule has 1 fully saturated rings. The van der Waals surface area contributed by atoms with E-state index in [4.69, 9.17) is 16.7 Å². The third kappa shape index (κ3) is 3.87. The quantitative estimate of drug-likeness (QED) is 0.779. The molecule has 0 aliphatic heterocycles. The Morgan fingerprint density at radius 2 is 2.10 bits per heavy atom. The van der Waals surface area contributed by atoms with Crippen LogP contribution in [0, 0.1) is 5.92 Å². The van der Waals surface area contributed by atoms with Crippen LogP contribution in [0.15, 0.2) is 18.2 Å². The molecule has 2 rings (SSSR count). The van der Waals surface area contributed by atoms with Crippen LogP contribution in [0.4, 0.5) is 10.5 Å². The zero-order valence-electron chi connectivity index (χ0n) is 11.0. The van der Waals surface area contributed by atoms with Crippen molar-refractivity contribution >= 4 is 29.3 Å². The number of amides is 2. The van der Waals surface area contributed by atoms with Crippen LogP contribution >= 0.6 is 11.6 Å². The van der Waals surface area contributed by atoms with Crippen molar-refractivity contribution in [3.8, 4) is 0 Å². The Kier molecular flexibility index (Phi) is 4.84. The molecule has 2 amide bonds. The maximum Gasteiger partial charge on any atom is 0.337 e. The number of carbonyl (C=O) groups excluding carboxylic acids is 1. The molecule has 0 aromatic heterocycles. The van der Waals surface area contributed by atoms with Gasteiger partial charge in [0, 0.05) is 11.6 Å². The van der Waals surface area contributed by atoms with Crippen LogP contribution in [-0.4, -0.2) is 23.7 Å². The van der Waals surface area contributed by atoms with Crippen LogP contribution in [0.1, 0.15) is 36.0 Å². The highest BCUT2D eigenvalue weighted by Crippen LogP contribution is 2.28.